The zero-order valence-corrected chi connectivity index (χ0v) is 16.7. The minimum atomic E-state index is 0.573. The molecule has 1 fully saturated rings. The maximum Gasteiger partial charge on any atom is 0.140 e. The van der Waals surface area contributed by atoms with Crippen LogP contribution in [0.15, 0.2) is 12.4 Å². The lowest BCUT2D eigenvalue weighted by Gasteiger charge is -2.37. The number of piperazine rings is 1. The van der Waals surface area contributed by atoms with E-state index in [2.05, 4.69) is 49.6 Å². The van der Waals surface area contributed by atoms with Crippen molar-refractivity contribution in [2.24, 2.45) is 0 Å². The van der Waals surface area contributed by atoms with E-state index >= 15 is 0 Å². The quantitative estimate of drug-likeness (QED) is 0.638. The Labute approximate surface area is 161 Å². The highest BCUT2D eigenvalue weighted by Crippen LogP contribution is 2.31. The summed E-state index contributed by atoms with van der Waals surface area (Å²) < 4.78 is 0. The highest BCUT2D eigenvalue weighted by Gasteiger charge is 2.24. The molecule has 0 amide bonds. The molecule has 8 heteroatoms. The molecule has 4 rings (SSSR count). The maximum absolute atomic E-state index is 6.34. The van der Waals surface area contributed by atoms with Crippen LogP contribution < -0.4 is 9.80 Å². The van der Waals surface area contributed by atoms with Crippen LogP contribution in [0.3, 0.4) is 0 Å². The van der Waals surface area contributed by atoms with Crippen LogP contribution in [0.5, 0.6) is 0 Å². The summed E-state index contributed by atoms with van der Waals surface area (Å²) in [5, 5.41) is 1.72. The Hall–Kier alpha value is -1.99. The monoisotopic (exact) mass is 388 g/mol. The number of aromatic nitrogens is 4. The molecule has 4 heterocycles. The van der Waals surface area contributed by atoms with Crippen LogP contribution in [0.25, 0.3) is 10.2 Å². The molecule has 0 aliphatic carbocycles. The largest absolute Gasteiger partial charge is 0.353 e. The number of rotatable bonds is 3. The minimum Gasteiger partial charge on any atom is -0.353 e. The minimum absolute atomic E-state index is 0.573. The van der Waals surface area contributed by atoms with E-state index in [1.807, 2.05) is 6.92 Å². The summed E-state index contributed by atoms with van der Waals surface area (Å²) in [6.45, 7) is 9.65. The van der Waals surface area contributed by atoms with Gasteiger partial charge in [0.15, 0.2) is 0 Å². The van der Waals surface area contributed by atoms with Gasteiger partial charge in [-0.15, -0.1) is 11.3 Å². The van der Waals surface area contributed by atoms with Crippen LogP contribution in [-0.4, -0.2) is 46.1 Å². The molecule has 3 aromatic heterocycles. The van der Waals surface area contributed by atoms with Gasteiger partial charge in [0.2, 0.25) is 0 Å². The lowest BCUT2D eigenvalue weighted by Crippen LogP contribution is -2.47. The summed E-state index contributed by atoms with van der Waals surface area (Å²) in [4.78, 5) is 24.9. The Morgan fingerprint density at radius 2 is 1.73 bits per heavy atom. The third-order valence-corrected chi connectivity index (χ3v) is 5.98. The van der Waals surface area contributed by atoms with Gasteiger partial charge in [-0.2, -0.15) is 0 Å². The van der Waals surface area contributed by atoms with Crippen molar-refractivity contribution in [1.29, 1.82) is 0 Å². The van der Waals surface area contributed by atoms with Gasteiger partial charge in [-0.25, -0.2) is 19.9 Å². The molecule has 26 heavy (non-hydrogen) atoms. The molecule has 0 bridgehead atoms. The standard InChI is InChI=1S/C18H21ClN6S/c1-4-13-15(19)22-12(3)23-17(13)25-7-5-24(6-8-25)16-14-9-11(2)26-18(14)21-10-20-16/h9-10H,4-8H2,1-3H3. The molecule has 6 nitrogen and oxygen atoms in total. The number of aryl methyl sites for hydroxylation is 2. The normalized spacial score (nSPS) is 15.1. The summed E-state index contributed by atoms with van der Waals surface area (Å²) in [7, 11) is 0. The summed E-state index contributed by atoms with van der Waals surface area (Å²) in [6.07, 6.45) is 2.50. The fourth-order valence-corrected chi connectivity index (χ4v) is 4.64. The molecule has 136 valence electrons. The average molecular weight is 389 g/mol. The van der Waals surface area contributed by atoms with Gasteiger partial charge in [-0.1, -0.05) is 18.5 Å². The van der Waals surface area contributed by atoms with Gasteiger partial charge in [0.1, 0.15) is 33.8 Å². The predicted molar refractivity (Wildman–Crippen MR) is 108 cm³/mol. The first-order valence-corrected chi connectivity index (χ1v) is 10.00. The molecule has 0 unspecified atom stereocenters. The van der Waals surface area contributed by atoms with Gasteiger partial charge < -0.3 is 9.80 Å². The number of fused-ring (bicyclic) bond motifs is 1. The van der Waals surface area contributed by atoms with Crippen LogP contribution in [0.1, 0.15) is 23.2 Å². The van der Waals surface area contributed by atoms with Crippen molar-refractivity contribution in [3.05, 3.63) is 33.8 Å². The van der Waals surface area contributed by atoms with Gasteiger partial charge in [-0.3, -0.25) is 0 Å². The smallest absolute Gasteiger partial charge is 0.140 e. The van der Waals surface area contributed by atoms with E-state index in [0.717, 1.165) is 65.8 Å². The van der Waals surface area contributed by atoms with Gasteiger partial charge in [0.25, 0.3) is 0 Å². The number of anilines is 2. The Morgan fingerprint density at radius 1 is 1.04 bits per heavy atom. The topological polar surface area (TPSA) is 58.0 Å². The highest BCUT2D eigenvalue weighted by molar-refractivity contribution is 7.18. The first kappa shape index (κ1) is 17.4. The molecule has 0 atom stereocenters. The lowest BCUT2D eigenvalue weighted by molar-refractivity contribution is 0.638. The Balaban J connectivity index is 1.58. The molecular formula is C18H21ClN6S. The zero-order valence-electron chi connectivity index (χ0n) is 15.2. The predicted octanol–water partition coefficient (Wildman–Crippen LogP) is 3.64. The molecule has 3 aromatic rings. The Bertz CT molecular complexity index is 948. The van der Waals surface area contributed by atoms with E-state index in [-0.39, 0.29) is 0 Å². The van der Waals surface area contributed by atoms with E-state index in [1.165, 1.54) is 4.88 Å². The second kappa shape index (κ2) is 6.96. The van der Waals surface area contributed by atoms with E-state index in [0.29, 0.717) is 5.15 Å². The van der Waals surface area contributed by atoms with Crippen LogP contribution >= 0.6 is 22.9 Å². The van der Waals surface area contributed by atoms with Crippen molar-refractivity contribution in [2.45, 2.75) is 27.2 Å². The van der Waals surface area contributed by atoms with Crippen molar-refractivity contribution in [3.8, 4) is 0 Å². The van der Waals surface area contributed by atoms with Gasteiger partial charge in [0.05, 0.1) is 5.39 Å². The second-order valence-electron chi connectivity index (χ2n) is 6.46. The van der Waals surface area contributed by atoms with Gasteiger partial charge >= 0.3 is 0 Å². The molecular weight excluding hydrogens is 368 g/mol. The fourth-order valence-electron chi connectivity index (χ4n) is 3.46. The summed E-state index contributed by atoms with van der Waals surface area (Å²) in [6, 6.07) is 2.18. The SMILES string of the molecule is CCc1c(Cl)nc(C)nc1N1CCN(c2ncnc3sc(C)cc23)CC1. The van der Waals surface area contributed by atoms with Crippen molar-refractivity contribution >= 4 is 44.8 Å². The second-order valence-corrected chi connectivity index (χ2v) is 8.06. The first-order chi connectivity index (χ1) is 12.6. The third kappa shape index (κ3) is 3.10. The maximum atomic E-state index is 6.34. The number of halogens is 1. The van der Waals surface area contributed by atoms with Crippen molar-refractivity contribution < 1.29 is 0 Å². The third-order valence-electron chi connectivity index (χ3n) is 4.71. The van der Waals surface area contributed by atoms with Crippen LogP contribution in [0.4, 0.5) is 11.6 Å². The van der Waals surface area contributed by atoms with Crippen molar-refractivity contribution in [3.63, 3.8) is 0 Å². The van der Waals surface area contributed by atoms with E-state index < -0.39 is 0 Å². The molecule has 1 saturated heterocycles. The van der Waals surface area contributed by atoms with E-state index in [9.17, 15) is 0 Å². The molecule has 0 spiro atoms. The van der Waals surface area contributed by atoms with Crippen LogP contribution in [0.2, 0.25) is 5.15 Å². The molecule has 1 aliphatic rings. The van der Waals surface area contributed by atoms with Crippen LogP contribution in [-0.2, 0) is 6.42 Å². The van der Waals surface area contributed by atoms with Gasteiger partial charge in [-0.05, 0) is 26.3 Å². The van der Waals surface area contributed by atoms with Crippen molar-refractivity contribution in [2.75, 3.05) is 36.0 Å². The average Bonchev–Trinajstić information content (AvgIpc) is 3.01. The fraction of sp³-hybridized carbons (Fsp3) is 0.444. The Kier molecular flexibility index (Phi) is 4.67. The van der Waals surface area contributed by atoms with Crippen LogP contribution in [0, 0.1) is 13.8 Å². The molecule has 0 radical (unpaired) electrons. The number of nitrogens with zero attached hydrogens (tertiary/aromatic N) is 6. The lowest BCUT2D eigenvalue weighted by atomic mass is 10.2. The summed E-state index contributed by atoms with van der Waals surface area (Å²) in [5.41, 5.74) is 1.03. The summed E-state index contributed by atoms with van der Waals surface area (Å²) >= 11 is 8.06. The molecule has 0 saturated carbocycles. The molecule has 0 N–H and O–H groups in total. The van der Waals surface area contributed by atoms with E-state index in [1.54, 1.807) is 17.7 Å². The van der Waals surface area contributed by atoms with E-state index in [4.69, 9.17) is 11.6 Å². The van der Waals surface area contributed by atoms with Crippen molar-refractivity contribution in [1.82, 2.24) is 19.9 Å². The Morgan fingerprint density at radius 3 is 2.42 bits per heavy atom. The number of thiophene rings is 1. The number of hydrogen-bond donors (Lipinski definition) is 0. The molecule has 1 aliphatic heterocycles. The molecule has 0 aromatic carbocycles. The highest BCUT2D eigenvalue weighted by atomic mass is 35.5. The first-order valence-electron chi connectivity index (χ1n) is 8.81. The number of hydrogen-bond acceptors (Lipinski definition) is 7. The van der Waals surface area contributed by atoms with Gasteiger partial charge in [0, 0.05) is 36.6 Å². The summed E-state index contributed by atoms with van der Waals surface area (Å²) in [5.74, 6) is 2.73. The zero-order chi connectivity index (χ0) is 18.3.